The molecule has 0 amide bonds. The first kappa shape index (κ1) is 15.8. The highest BCUT2D eigenvalue weighted by Gasteiger charge is 2.17. The third kappa shape index (κ3) is 3.54. The molecule has 0 saturated heterocycles. The predicted molar refractivity (Wildman–Crippen MR) is 83.0 cm³/mol. The standard InChI is InChI=1S/C14H21N3O3S/c1-20-10-5-3-4-9-17-11-7-6-8-12(21(2,18)19)13(11)16-14(17)15/h6-8H,3-5,9-10H2,1-2H3,(H2,15,16). The molecule has 0 fully saturated rings. The van der Waals surface area contributed by atoms with Crippen LogP contribution in [-0.2, 0) is 21.1 Å². The van der Waals surface area contributed by atoms with Crippen LogP contribution in [0.15, 0.2) is 23.1 Å². The van der Waals surface area contributed by atoms with Gasteiger partial charge in [-0.25, -0.2) is 13.4 Å². The summed E-state index contributed by atoms with van der Waals surface area (Å²) in [7, 11) is -1.62. The second-order valence-corrected chi connectivity index (χ2v) is 7.06. The Morgan fingerprint density at radius 1 is 1.29 bits per heavy atom. The van der Waals surface area contributed by atoms with Crippen molar-refractivity contribution in [1.29, 1.82) is 0 Å². The molecule has 0 aliphatic rings. The van der Waals surface area contributed by atoms with E-state index in [9.17, 15) is 8.42 Å². The largest absolute Gasteiger partial charge is 0.385 e. The fraction of sp³-hybridized carbons (Fsp3) is 0.500. The van der Waals surface area contributed by atoms with Crippen LogP contribution >= 0.6 is 0 Å². The second-order valence-electron chi connectivity index (χ2n) is 5.07. The van der Waals surface area contributed by atoms with Gasteiger partial charge in [-0.3, -0.25) is 0 Å². The molecule has 1 aromatic carbocycles. The highest BCUT2D eigenvalue weighted by atomic mass is 32.2. The van der Waals surface area contributed by atoms with Crippen molar-refractivity contribution < 1.29 is 13.2 Å². The number of fused-ring (bicyclic) bond motifs is 1. The fourth-order valence-corrected chi connectivity index (χ4v) is 3.19. The number of nitrogens with zero attached hydrogens (tertiary/aromatic N) is 2. The van der Waals surface area contributed by atoms with Gasteiger partial charge in [0.15, 0.2) is 9.84 Å². The molecule has 116 valence electrons. The summed E-state index contributed by atoms with van der Waals surface area (Å²) in [6, 6.07) is 5.14. The molecule has 0 aliphatic carbocycles. The highest BCUT2D eigenvalue weighted by Crippen LogP contribution is 2.25. The van der Waals surface area contributed by atoms with Crippen molar-refractivity contribution in [2.24, 2.45) is 0 Å². The lowest BCUT2D eigenvalue weighted by Crippen LogP contribution is -2.04. The number of nitrogen functional groups attached to an aromatic ring is 1. The Kier molecular flexibility index (Phi) is 4.84. The Morgan fingerprint density at radius 2 is 2.05 bits per heavy atom. The van der Waals surface area contributed by atoms with Crippen LogP contribution in [0.4, 0.5) is 5.95 Å². The number of sulfone groups is 1. The van der Waals surface area contributed by atoms with Crippen LogP contribution in [0.3, 0.4) is 0 Å². The maximum absolute atomic E-state index is 11.8. The van der Waals surface area contributed by atoms with Gasteiger partial charge in [-0.15, -0.1) is 0 Å². The van der Waals surface area contributed by atoms with Crippen LogP contribution in [0.1, 0.15) is 19.3 Å². The van der Waals surface area contributed by atoms with Crippen molar-refractivity contribution in [2.75, 3.05) is 25.7 Å². The molecule has 21 heavy (non-hydrogen) atoms. The van der Waals surface area contributed by atoms with Crippen molar-refractivity contribution in [2.45, 2.75) is 30.7 Å². The van der Waals surface area contributed by atoms with Crippen LogP contribution in [-0.4, -0.2) is 37.9 Å². The van der Waals surface area contributed by atoms with Crippen LogP contribution in [0.5, 0.6) is 0 Å². The molecule has 7 heteroatoms. The third-order valence-electron chi connectivity index (χ3n) is 3.40. The number of aromatic nitrogens is 2. The van der Waals surface area contributed by atoms with E-state index in [2.05, 4.69) is 4.98 Å². The monoisotopic (exact) mass is 311 g/mol. The summed E-state index contributed by atoms with van der Waals surface area (Å²) in [5.74, 6) is 0.354. The SMILES string of the molecule is COCCCCCn1c(N)nc2c(S(C)(=O)=O)cccc21. The molecular formula is C14H21N3O3S. The number of methoxy groups -OCH3 is 1. The maximum atomic E-state index is 11.8. The lowest BCUT2D eigenvalue weighted by molar-refractivity contribution is 0.191. The molecule has 0 spiro atoms. The number of aryl methyl sites for hydroxylation is 1. The van der Waals surface area contributed by atoms with Gasteiger partial charge >= 0.3 is 0 Å². The van der Waals surface area contributed by atoms with Gasteiger partial charge in [-0.05, 0) is 31.4 Å². The molecule has 0 bridgehead atoms. The number of nitrogens with two attached hydrogens (primary N) is 1. The highest BCUT2D eigenvalue weighted by molar-refractivity contribution is 7.91. The van der Waals surface area contributed by atoms with E-state index in [1.165, 1.54) is 6.26 Å². The average Bonchev–Trinajstić information content (AvgIpc) is 2.73. The van der Waals surface area contributed by atoms with Crippen molar-refractivity contribution in [1.82, 2.24) is 9.55 Å². The summed E-state index contributed by atoms with van der Waals surface area (Å²) >= 11 is 0. The van der Waals surface area contributed by atoms with Crippen molar-refractivity contribution in [3.63, 3.8) is 0 Å². The average molecular weight is 311 g/mol. The number of anilines is 1. The van der Waals surface area contributed by atoms with E-state index in [0.29, 0.717) is 11.5 Å². The quantitative estimate of drug-likeness (QED) is 0.788. The zero-order valence-corrected chi connectivity index (χ0v) is 13.2. The first-order chi connectivity index (χ1) is 9.95. The van der Waals surface area contributed by atoms with Gasteiger partial charge in [0.1, 0.15) is 5.52 Å². The van der Waals surface area contributed by atoms with E-state index in [0.717, 1.165) is 37.9 Å². The predicted octanol–water partition coefficient (Wildman–Crippen LogP) is 1.84. The minimum atomic E-state index is -3.31. The molecule has 6 nitrogen and oxygen atoms in total. The Bertz CT molecular complexity index is 722. The van der Waals surface area contributed by atoms with Crippen LogP contribution < -0.4 is 5.73 Å². The third-order valence-corrected chi connectivity index (χ3v) is 4.53. The smallest absolute Gasteiger partial charge is 0.201 e. The summed E-state index contributed by atoms with van der Waals surface area (Å²) < 4.78 is 30.5. The number of benzene rings is 1. The number of rotatable bonds is 7. The number of hydrogen-bond donors (Lipinski definition) is 1. The van der Waals surface area contributed by atoms with E-state index >= 15 is 0 Å². The summed E-state index contributed by atoms with van der Waals surface area (Å²) in [6.07, 6.45) is 4.15. The molecule has 2 aromatic rings. The molecule has 0 aliphatic heterocycles. The van der Waals surface area contributed by atoms with E-state index in [-0.39, 0.29) is 4.90 Å². The Labute approximate surface area is 124 Å². The minimum Gasteiger partial charge on any atom is -0.385 e. The summed E-state index contributed by atoms with van der Waals surface area (Å²) in [5, 5.41) is 0. The van der Waals surface area contributed by atoms with Gasteiger partial charge in [-0.1, -0.05) is 6.07 Å². The zero-order chi connectivity index (χ0) is 15.5. The van der Waals surface area contributed by atoms with Gasteiger partial charge < -0.3 is 15.0 Å². The van der Waals surface area contributed by atoms with Crippen molar-refractivity contribution in [3.05, 3.63) is 18.2 Å². The van der Waals surface area contributed by atoms with Gasteiger partial charge in [-0.2, -0.15) is 0 Å². The molecule has 2 rings (SSSR count). The van der Waals surface area contributed by atoms with Gasteiger partial charge in [0.2, 0.25) is 5.95 Å². The van der Waals surface area contributed by atoms with E-state index in [4.69, 9.17) is 10.5 Å². The normalized spacial score (nSPS) is 12.1. The Balaban J connectivity index is 2.27. The molecule has 0 unspecified atom stereocenters. The number of imidazole rings is 1. The summed E-state index contributed by atoms with van der Waals surface area (Å²) in [5.41, 5.74) is 7.16. The molecule has 1 aromatic heterocycles. The maximum Gasteiger partial charge on any atom is 0.201 e. The molecule has 2 N–H and O–H groups in total. The lowest BCUT2D eigenvalue weighted by atomic mass is 10.2. The van der Waals surface area contributed by atoms with E-state index in [1.54, 1.807) is 19.2 Å². The number of para-hydroxylation sites is 1. The molecule has 1 heterocycles. The summed E-state index contributed by atoms with van der Waals surface area (Å²) in [4.78, 5) is 4.46. The van der Waals surface area contributed by atoms with Gasteiger partial charge in [0.05, 0.1) is 10.4 Å². The number of ether oxygens (including phenoxy) is 1. The minimum absolute atomic E-state index is 0.227. The van der Waals surface area contributed by atoms with Crippen molar-refractivity contribution >= 4 is 26.8 Å². The molecular weight excluding hydrogens is 290 g/mol. The number of hydrogen-bond acceptors (Lipinski definition) is 5. The first-order valence-electron chi connectivity index (χ1n) is 6.89. The second kappa shape index (κ2) is 6.44. The lowest BCUT2D eigenvalue weighted by Gasteiger charge is -2.06. The van der Waals surface area contributed by atoms with E-state index in [1.807, 2.05) is 10.6 Å². The molecule has 0 atom stereocenters. The Hall–Kier alpha value is -1.60. The van der Waals surface area contributed by atoms with E-state index < -0.39 is 9.84 Å². The topological polar surface area (TPSA) is 87.2 Å². The van der Waals surface area contributed by atoms with Gasteiger partial charge in [0.25, 0.3) is 0 Å². The molecule has 0 saturated carbocycles. The van der Waals surface area contributed by atoms with Crippen LogP contribution in [0.2, 0.25) is 0 Å². The summed E-state index contributed by atoms with van der Waals surface area (Å²) in [6.45, 7) is 1.47. The first-order valence-corrected chi connectivity index (χ1v) is 8.78. The zero-order valence-electron chi connectivity index (χ0n) is 12.4. The molecule has 0 radical (unpaired) electrons. The Morgan fingerprint density at radius 3 is 2.71 bits per heavy atom. The van der Waals surface area contributed by atoms with Crippen LogP contribution in [0.25, 0.3) is 11.0 Å². The van der Waals surface area contributed by atoms with Gasteiger partial charge in [0, 0.05) is 26.5 Å². The van der Waals surface area contributed by atoms with Crippen LogP contribution in [0, 0.1) is 0 Å². The fourth-order valence-electron chi connectivity index (χ4n) is 2.37. The van der Waals surface area contributed by atoms with Crippen molar-refractivity contribution in [3.8, 4) is 0 Å². The number of unbranched alkanes of at least 4 members (excludes halogenated alkanes) is 2.